The van der Waals surface area contributed by atoms with Crippen molar-refractivity contribution in [3.8, 4) is 0 Å². The first-order valence-electron chi connectivity index (χ1n) is 17.2. The van der Waals surface area contributed by atoms with E-state index in [1.54, 1.807) is 19.3 Å². The molecule has 2 unspecified atom stereocenters. The zero-order chi connectivity index (χ0) is 26.0. The van der Waals surface area contributed by atoms with Crippen LogP contribution in [0.1, 0.15) is 176 Å². The van der Waals surface area contributed by atoms with Gasteiger partial charge in [-0.3, -0.25) is 0 Å². The summed E-state index contributed by atoms with van der Waals surface area (Å²) in [5.41, 5.74) is 3.11. The minimum atomic E-state index is 0.560. The second kappa shape index (κ2) is 14.8. The number of unbranched alkanes of at least 4 members (excludes halogenated alkanes) is 11. The van der Waals surface area contributed by atoms with E-state index in [1.807, 2.05) is 19.4 Å². The van der Waals surface area contributed by atoms with Crippen molar-refractivity contribution in [3.63, 3.8) is 0 Å². The molecule has 0 spiro atoms. The summed E-state index contributed by atoms with van der Waals surface area (Å²) < 4.78 is 0. The van der Waals surface area contributed by atoms with Crippen molar-refractivity contribution in [1.29, 1.82) is 0 Å². The number of fused-ring (bicyclic) bond motifs is 5. The Balaban J connectivity index is 0.00000176. The zero-order valence-corrected chi connectivity index (χ0v) is 25.8. The Morgan fingerprint density at radius 1 is 0.722 bits per heavy atom. The molecule has 0 amide bonds. The van der Waals surface area contributed by atoms with Crippen LogP contribution in [0.15, 0.2) is 11.6 Å². The highest BCUT2D eigenvalue weighted by Gasteiger charge is 2.58. The molecule has 0 saturated heterocycles. The number of rotatable bonds is 13. The third-order valence-corrected chi connectivity index (χ3v) is 12.0. The molecule has 0 heterocycles. The van der Waals surface area contributed by atoms with Crippen molar-refractivity contribution in [2.24, 2.45) is 40.4 Å². The first-order chi connectivity index (χ1) is 17.5. The van der Waals surface area contributed by atoms with Crippen molar-refractivity contribution in [1.82, 2.24) is 0 Å². The van der Waals surface area contributed by atoms with Crippen molar-refractivity contribution >= 4 is 0 Å². The van der Waals surface area contributed by atoms with E-state index in [-0.39, 0.29) is 0 Å². The molecule has 0 aromatic carbocycles. The van der Waals surface area contributed by atoms with Gasteiger partial charge < -0.3 is 0 Å². The molecule has 7 atom stereocenters. The molecule has 3 fully saturated rings. The molecular formula is C36H66. The number of allylic oxidation sites excluding steroid dienone is 2. The molecule has 0 aliphatic heterocycles. The van der Waals surface area contributed by atoms with Gasteiger partial charge in [0.2, 0.25) is 0 Å². The van der Waals surface area contributed by atoms with Gasteiger partial charge in [0.1, 0.15) is 0 Å². The molecule has 36 heavy (non-hydrogen) atoms. The maximum absolute atomic E-state index is 2.76. The molecule has 4 aliphatic carbocycles. The summed E-state index contributed by atoms with van der Waals surface area (Å²) >= 11 is 0. The van der Waals surface area contributed by atoms with E-state index in [0.717, 1.165) is 29.6 Å². The number of hydrogen-bond acceptors (Lipinski definition) is 0. The summed E-state index contributed by atoms with van der Waals surface area (Å²) in [5.74, 6) is 5.00. The maximum Gasteiger partial charge on any atom is -0.00851 e. The van der Waals surface area contributed by atoms with Gasteiger partial charge in [0.25, 0.3) is 0 Å². The van der Waals surface area contributed by atoms with Gasteiger partial charge in [-0.2, -0.15) is 0 Å². The molecule has 4 aliphatic rings. The largest absolute Gasteiger partial charge is 0.0845 e. The first-order valence-corrected chi connectivity index (χ1v) is 17.2. The van der Waals surface area contributed by atoms with Crippen LogP contribution in [0.4, 0.5) is 0 Å². The molecular weight excluding hydrogens is 432 g/mol. The van der Waals surface area contributed by atoms with Crippen molar-refractivity contribution in [2.45, 2.75) is 176 Å². The maximum atomic E-state index is 2.76. The van der Waals surface area contributed by atoms with Gasteiger partial charge in [-0.1, -0.05) is 130 Å². The van der Waals surface area contributed by atoms with E-state index in [0.29, 0.717) is 10.8 Å². The summed E-state index contributed by atoms with van der Waals surface area (Å²) in [6.45, 7) is 14.2. The predicted molar refractivity (Wildman–Crippen MR) is 161 cm³/mol. The van der Waals surface area contributed by atoms with Crippen LogP contribution in [0.2, 0.25) is 0 Å². The fourth-order valence-corrected chi connectivity index (χ4v) is 9.66. The SMILES string of the molecule is CC.CCCCCCCCCCCCCC[C@H]1CC[C@H]2C3CC=C4CC(C)CC[C@]4(C)[C@H]3CC[C@]12C. The van der Waals surface area contributed by atoms with Crippen LogP contribution in [0.3, 0.4) is 0 Å². The minimum absolute atomic E-state index is 0.560. The Bertz CT molecular complexity index is 644. The van der Waals surface area contributed by atoms with Crippen LogP contribution >= 0.6 is 0 Å². The van der Waals surface area contributed by atoms with E-state index in [1.165, 1.54) is 116 Å². The van der Waals surface area contributed by atoms with Crippen molar-refractivity contribution < 1.29 is 0 Å². The molecule has 0 nitrogen and oxygen atoms in total. The lowest BCUT2D eigenvalue weighted by Gasteiger charge is -2.58. The normalized spacial score (nSPS) is 37.3. The Labute approximate surface area is 228 Å². The highest BCUT2D eigenvalue weighted by molar-refractivity contribution is 5.25. The van der Waals surface area contributed by atoms with Gasteiger partial charge in [-0.25, -0.2) is 0 Å². The van der Waals surface area contributed by atoms with Crippen LogP contribution in [0.5, 0.6) is 0 Å². The summed E-state index contributed by atoms with van der Waals surface area (Å²) in [5, 5.41) is 0. The molecule has 0 aromatic rings. The van der Waals surface area contributed by atoms with Gasteiger partial charge >= 0.3 is 0 Å². The Morgan fingerprint density at radius 2 is 1.33 bits per heavy atom. The molecule has 0 heteroatoms. The van der Waals surface area contributed by atoms with Gasteiger partial charge in [0.05, 0.1) is 0 Å². The Hall–Kier alpha value is -0.260. The van der Waals surface area contributed by atoms with E-state index in [4.69, 9.17) is 0 Å². The van der Waals surface area contributed by atoms with Gasteiger partial charge in [0, 0.05) is 0 Å². The molecule has 0 aromatic heterocycles. The van der Waals surface area contributed by atoms with Crippen LogP contribution < -0.4 is 0 Å². The number of hydrogen-bond donors (Lipinski definition) is 0. The van der Waals surface area contributed by atoms with E-state index >= 15 is 0 Å². The zero-order valence-electron chi connectivity index (χ0n) is 25.8. The summed E-state index contributed by atoms with van der Waals surface area (Å²) in [4.78, 5) is 0. The predicted octanol–water partition coefficient (Wildman–Crippen LogP) is 12.3. The second-order valence-electron chi connectivity index (χ2n) is 14.1. The lowest BCUT2D eigenvalue weighted by molar-refractivity contribution is -0.0450. The monoisotopic (exact) mass is 499 g/mol. The van der Waals surface area contributed by atoms with Gasteiger partial charge in [-0.15, -0.1) is 0 Å². The molecule has 210 valence electrons. The summed E-state index contributed by atoms with van der Waals surface area (Å²) in [6, 6.07) is 0. The topological polar surface area (TPSA) is 0 Å². The quantitative estimate of drug-likeness (QED) is 0.175. The summed E-state index contributed by atoms with van der Waals surface area (Å²) in [7, 11) is 0. The average molecular weight is 499 g/mol. The van der Waals surface area contributed by atoms with Gasteiger partial charge in [0.15, 0.2) is 0 Å². The van der Waals surface area contributed by atoms with Crippen LogP contribution in [0, 0.1) is 40.4 Å². The highest BCUT2D eigenvalue weighted by Crippen LogP contribution is 2.67. The lowest BCUT2D eigenvalue weighted by Crippen LogP contribution is -2.49. The minimum Gasteiger partial charge on any atom is -0.0845 e. The third kappa shape index (κ3) is 7.03. The van der Waals surface area contributed by atoms with Crippen LogP contribution in [-0.4, -0.2) is 0 Å². The molecule has 3 saturated carbocycles. The molecule has 0 radical (unpaired) electrons. The van der Waals surface area contributed by atoms with Crippen LogP contribution in [0.25, 0.3) is 0 Å². The third-order valence-electron chi connectivity index (χ3n) is 12.0. The molecule has 0 N–H and O–H groups in total. The van der Waals surface area contributed by atoms with E-state index in [9.17, 15) is 0 Å². The van der Waals surface area contributed by atoms with Crippen molar-refractivity contribution in [2.75, 3.05) is 0 Å². The second-order valence-corrected chi connectivity index (χ2v) is 14.1. The lowest BCUT2D eigenvalue weighted by atomic mass is 9.47. The smallest absolute Gasteiger partial charge is 0.00851 e. The van der Waals surface area contributed by atoms with Gasteiger partial charge in [-0.05, 0) is 98.2 Å². The molecule has 4 rings (SSSR count). The standard InChI is InChI=1S/C34H60.C2H6/c1-5-6-7-8-9-10-11-12-13-14-15-16-17-28-19-21-31-30-20-18-29-26-27(2)22-24-34(29,4)32(30)23-25-33(28,31)3;1-2/h18,27-28,30-32H,5-17,19-26H2,1-4H3;1-2H3/t27?,28-,30?,31-,32-,33+,34-;/m0./s1. The first kappa shape index (κ1) is 30.3. The fraction of sp³-hybridized carbons (Fsp3) is 0.944. The Morgan fingerprint density at radius 3 is 1.97 bits per heavy atom. The van der Waals surface area contributed by atoms with Crippen LogP contribution in [-0.2, 0) is 0 Å². The van der Waals surface area contributed by atoms with E-state index in [2.05, 4.69) is 33.8 Å². The Kier molecular flexibility index (Phi) is 12.4. The average Bonchev–Trinajstić information content (AvgIpc) is 3.22. The fourth-order valence-electron chi connectivity index (χ4n) is 9.66. The van der Waals surface area contributed by atoms with Crippen molar-refractivity contribution in [3.05, 3.63) is 11.6 Å². The molecule has 0 bridgehead atoms. The van der Waals surface area contributed by atoms with E-state index < -0.39 is 0 Å². The summed E-state index contributed by atoms with van der Waals surface area (Å²) in [6.07, 6.45) is 34.0. The highest BCUT2D eigenvalue weighted by atomic mass is 14.6.